The minimum atomic E-state index is -0.219. The van der Waals surface area contributed by atoms with E-state index in [0.717, 1.165) is 29.2 Å². The first-order chi connectivity index (χ1) is 19.2. The number of aromatic nitrogens is 4. The van der Waals surface area contributed by atoms with Gasteiger partial charge in [-0.3, -0.25) is 9.36 Å². The molecule has 1 amide bonds. The van der Waals surface area contributed by atoms with E-state index in [1.54, 1.807) is 6.21 Å². The van der Waals surface area contributed by atoms with Crippen molar-refractivity contribution in [1.29, 1.82) is 0 Å². The van der Waals surface area contributed by atoms with Crippen LogP contribution in [-0.2, 0) is 11.3 Å². The Hall–Kier alpha value is -4.69. The van der Waals surface area contributed by atoms with Crippen LogP contribution in [0.5, 0.6) is 0 Å². The summed E-state index contributed by atoms with van der Waals surface area (Å²) in [5, 5.41) is 16.0. The molecule has 0 aliphatic heterocycles. The molecular weight excluding hydrogens is 504 g/mol. The van der Waals surface area contributed by atoms with Crippen LogP contribution in [0.3, 0.4) is 0 Å². The predicted octanol–water partition coefficient (Wildman–Crippen LogP) is 6.30. The molecule has 8 heteroatoms. The second kappa shape index (κ2) is 11.0. The van der Waals surface area contributed by atoms with E-state index in [2.05, 4.69) is 68.6 Å². The zero-order valence-corrected chi connectivity index (χ0v) is 22.2. The second-order valence-corrected chi connectivity index (χ2v) is 9.91. The highest BCUT2D eigenvalue weighted by Crippen LogP contribution is 2.30. The Labute approximate surface area is 230 Å². The number of nitrogens with zero attached hydrogens (tertiary/aromatic N) is 5. The standard InChI is InChI=1S/C31H26N6OS/c1-2-36-27-16-10-9-15-25(27)26-19-22(17-18-28(26)36)20-32-33-29(38)21-39-31-35-34-30(23-11-5-3-6-12-23)37(31)24-13-7-4-8-14-24/h3-20H,2,21H2,1H3,(H,33,38)/b32-20+. The fraction of sp³-hybridized carbons (Fsp3) is 0.0968. The minimum Gasteiger partial charge on any atom is -0.341 e. The molecule has 1 N–H and O–H groups in total. The van der Waals surface area contributed by atoms with Crippen molar-refractivity contribution < 1.29 is 4.79 Å². The monoisotopic (exact) mass is 530 g/mol. The number of benzene rings is 4. The number of hydrogen-bond donors (Lipinski definition) is 1. The fourth-order valence-corrected chi connectivity index (χ4v) is 5.53. The van der Waals surface area contributed by atoms with Gasteiger partial charge in [0.05, 0.1) is 12.0 Å². The minimum absolute atomic E-state index is 0.153. The maximum Gasteiger partial charge on any atom is 0.250 e. The highest BCUT2D eigenvalue weighted by Gasteiger charge is 2.17. The van der Waals surface area contributed by atoms with Crippen LogP contribution < -0.4 is 5.43 Å². The molecule has 0 unspecified atom stereocenters. The van der Waals surface area contributed by atoms with Gasteiger partial charge in [-0.2, -0.15) is 5.10 Å². The molecule has 2 heterocycles. The van der Waals surface area contributed by atoms with Gasteiger partial charge in [-0.15, -0.1) is 10.2 Å². The van der Waals surface area contributed by atoms with Crippen molar-refractivity contribution in [2.45, 2.75) is 18.6 Å². The molecular formula is C31H26N6OS. The lowest BCUT2D eigenvalue weighted by molar-refractivity contribution is -0.118. The van der Waals surface area contributed by atoms with Crippen LogP contribution in [0.1, 0.15) is 12.5 Å². The molecule has 0 radical (unpaired) electrons. The molecule has 0 aliphatic rings. The Bertz CT molecular complexity index is 1790. The number of fused-ring (bicyclic) bond motifs is 3. The highest BCUT2D eigenvalue weighted by molar-refractivity contribution is 7.99. The topological polar surface area (TPSA) is 77.1 Å². The van der Waals surface area contributed by atoms with Crippen molar-refractivity contribution >= 4 is 45.7 Å². The quantitative estimate of drug-likeness (QED) is 0.142. The van der Waals surface area contributed by atoms with Gasteiger partial charge in [0.2, 0.25) is 0 Å². The Balaban J connectivity index is 1.17. The third-order valence-electron chi connectivity index (χ3n) is 6.53. The smallest absolute Gasteiger partial charge is 0.250 e. The van der Waals surface area contributed by atoms with Crippen LogP contribution in [0.25, 0.3) is 38.9 Å². The zero-order chi connectivity index (χ0) is 26.6. The van der Waals surface area contributed by atoms with Crippen LogP contribution in [0, 0.1) is 0 Å². The molecule has 0 bridgehead atoms. The van der Waals surface area contributed by atoms with Crippen molar-refractivity contribution in [3.8, 4) is 17.1 Å². The van der Waals surface area contributed by atoms with Crippen molar-refractivity contribution in [3.63, 3.8) is 0 Å². The van der Waals surface area contributed by atoms with Crippen molar-refractivity contribution in [2.24, 2.45) is 5.10 Å². The maximum atomic E-state index is 12.7. The molecule has 39 heavy (non-hydrogen) atoms. The van der Waals surface area contributed by atoms with Gasteiger partial charge in [0.15, 0.2) is 11.0 Å². The first kappa shape index (κ1) is 24.6. The average molecular weight is 531 g/mol. The number of hydrogen-bond acceptors (Lipinski definition) is 5. The van der Waals surface area contributed by atoms with Crippen LogP contribution in [0.4, 0.5) is 0 Å². The van der Waals surface area contributed by atoms with E-state index in [-0.39, 0.29) is 11.7 Å². The second-order valence-electron chi connectivity index (χ2n) is 8.96. The summed E-state index contributed by atoms with van der Waals surface area (Å²) in [6.07, 6.45) is 1.68. The van der Waals surface area contributed by atoms with E-state index in [0.29, 0.717) is 5.16 Å². The van der Waals surface area contributed by atoms with E-state index in [4.69, 9.17) is 0 Å². The van der Waals surface area contributed by atoms with Crippen LogP contribution in [-0.4, -0.2) is 37.2 Å². The van der Waals surface area contributed by atoms with Crippen LogP contribution in [0.2, 0.25) is 0 Å². The van der Waals surface area contributed by atoms with Gasteiger partial charge < -0.3 is 4.57 Å². The van der Waals surface area contributed by atoms with Gasteiger partial charge >= 0.3 is 0 Å². The van der Waals surface area contributed by atoms with Gasteiger partial charge in [0.25, 0.3) is 5.91 Å². The molecule has 6 aromatic rings. The maximum absolute atomic E-state index is 12.7. The molecule has 0 saturated carbocycles. The summed E-state index contributed by atoms with van der Waals surface area (Å²) in [6.45, 7) is 3.05. The first-order valence-corrected chi connectivity index (χ1v) is 13.7. The third-order valence-corrected chi connectivity index (χ3v) is 7.46. The SMILES string of the molecule is CCn1c2ccccc2c2cc(/C=N/NC(=O)CSc3nnc(-c4ccccc4)n3-c3ccccc3)ccc21. The fourth-order valence-electron chi connectivity index (χ4n) is 4.78. The Morgan fingerprint density at radius 2 is 1.59 bits per heavy atom. The molecule has 0 fully saturated rings. The zero-order valence-electron chi connectivity index (χ0n) is 21.4. The highest BCUT2D eigenvalue weighted by atomic mass is 32.2. The van der Waals surface area contributed by atoms with Crippen LogP contribution >= 0.6 is 11.8 Å². The molecule has 6 rings (SSSR count). The summed E-state index contributed by atoms with van der Waals surface area (Å²) in [4.78, 5) is 12.7. The number of para-hydroxylation sites is 2. The van der Waals surface area contributed by atoms with Gasteiger partial charge in [-0.05, 0) is 42.8 Å². The van der Waals surface area contributed by atoms with E-state index >= 15 is 0 Å². The Morgan fingerprint density at radius 3 is 2.38 bits per heavy atom. The summed E-state index contributed by atoms with van der Waals surface area (Å²) in [6, 6.07) is 34.4. The summed E-state index contributed by atoms with van der Waals surface area (Å²) >= 11 is 1.32. The normalized spacial score (nSPS) is 11.5. The number of amides is 1. The Morgan fingerprint density at radius 1 is 0.872 bits per heavy atom. The number of rotatable bonds is 8. The van der Waals surface area contributed by atoms with Gasteiger partial charge in [-0.1, -0.05) is 84.6 Å². The molecule has 192 valence electrons. The number of carbonyl (C=O) groups is 1. The van der Waals surface area contributed by atoms with Gasteiger partial charge in [0, 0.05) is 39.6 Å². The summed E-state index contributed by atoms with van der Waals surface area (Å²) < 4.78 is 4.28. The summed E-state index contributed by atoms with van der Waals surface area (Å²) in [5.74, 6) is 0.659. The number of hydrazone groups is 1. The van der Waals surface area contributed by atoms with Crippen molar-refractivity contribution in [3.05, 3.63) is 109 Å². The van der Waals surface area contributed by atoms with Crippen LogP contribution in [0.15, 0.2) is 113 Å². The lowest BCUT2D eigenvalue weighted by Crippen LogP contribution is -2.20. The molecule has 7 nitrogen and oxygen atoms in total. The van der Waals surface area contributed by atoms with E-state index in [9.17, 15) is 4.79 Å². The summed E-state index contributed by atoms with van der Waals surface area (Å²) in [7, 11) is 0. The molecule has 0 saturated heterocycles. The predicted molar refractivity (Wildman–Crippen MR) is 158 cm³/mol. The largest absolute Gasteiger partial charge is 0.341 e. The van der Waals surface area contributed by atoms with E-state index < -0.39 is 0 Å². The molecule has 2 aromatic heterocycles. The molecule has 0 spiro atoms. The number of aryl methyl sites for hydroxylation is 1. The van der Waals surface area contributed by atoms with Gasteiger partial charge in [-0.25, -0.2) is 5.43 Å². The molecule has 0 atom stereocenters. The average Bonchev–Trinajstić information content (AvgIpc) is 3.56. The lowest BCUT2D eigenvalue weighted by atomic mass is 10.1. The number of thioether (sulfide) groups is 1. The molecule has 0 aliphatic carbocycles. The number of nitrogens with one attached hydrogen (secondary N) is 1. The van der Waals surface area contributed by atoms with E-state index in [1.165, 1.54) is 33.6 Å². The van der Waals surface area contributed by atoms with Crippen molar-refractivity contribution in [2.75, 3.05) is 5.75 Å². The van der Waals surface area contributed by atoms with E-state index in [1.807, 2.05) is 71.3 Å². The summed E-state index contributed by atoms with van der Waals surface area (Å²) in [5.41, 5.74) is 7.86. The number of carbonyl (C=O) groups excluding carboxylic acids is 1. The lowest BCUT2D eigenvalue weighted by Gasteiger charge is -2.10. The molecule has 4 aromatic carbocycles. The van der Waals surface area contributed by atoms with Gasteiger partial charge in [0.1, 0.15) is 0 Å². The Kier molecular flexibility index (Phi) is 6.93. The third kappa shape index (κ3) is 4.94. The first-order valence-electron chi connectivity index (χ1n) is 12.7. The van der Waals surface area contributed by atoms with Crippen molar-refractivity contribution in [1.82, 2.24) is 24.8 Å².